The zero-order chi connectivity index (χ0) is 21.9. The largest absolute Gasteiger partial charge is 0.486 e. The minimum Gasteiger partial charge on any atom is -0.486 e. The molecular weight excluding hydrogens is 428 g/mol. The summed E-state index contributed by atoms with van der Waals surface area (Å²) >= 11 is 6.09. The number of halogens is 1. The van der Waals surface area contributed by atoms with E-state index >= 15 is 0 Å². The average molecular weight is 453 g/mol. The van der Waals surface area contributed by atoms with Crippen molar-refractivity contribution in [3.8, 4) is 11.5 Å². The van der Waals surface area contributed by atoms with E-state index in [1.54, 1.807) is 38.1 Å². The predicted molar refractivity (Wildman–Crippen MR) is 117 cm³/mol. The summed E-state index contributed by atoms with van der Waals surface area (Å²) in [6.45, 7) is 4.02. The highest BCUT2D eigenvalue weighted by atomic mass is 35.5. The van der Waals surface area contributed by atoms with Gasteiger partial charge in [-0.15, -0.1) is 0 Å². The number of carbonyl (C=O) groups is 1. The van der Waals surface area contributed by atoms with Gasteiger partial charge in [-0.25, -0.2) is 8.42 Å². The van der Waals surface area contributed by atoms with Gasteiger partial charge in [-0.1, -0.05) is 36.7 Å². The summed E-state index contributed by atoms with van der Waals surface area (Å²) in [6, 6.07) is 11.4. The van der Waals surface area contributed by atoms with Crippen LogP contribution in [0.3, 0.4) is 0 Å². The second-order valence-corrected chi connectivity index (χ2v) is 9.45. The maximum absolute atomic E-state index is 13.0. The van der Waals surface area contributed by atoms with E-state index < -0.39 is 22.0 Å². The Morgan fingerprint density at radius 3 is 2.63 bits per heavy atom. The highest BCUT2D eigenvalue weighted by molar-refractivity contribution is 7.92. The van der Waals surface area contributed by atoms with Crippen molar-refractivity contribution in [1.82, 2.24) is 5.32 Å². The quantitative estimate of drug-likeness (QED) is 0.697. The van der Waals surface area contributed by atoms with Gasteiger partial charge < -0.3 is 14.8 Å². The van der Waals surface area contributed by atoms with E-state index in [4.69, 9.17) is 21.1 Å². The second kappa shape index (κ2) is 9.14. The molecule has 0 bridgehead atoms. The van der Waals surface area contributed by atoms with Crippen molar-refractivity contribution in [2.75, 3.05) is 23.7 Å². The number of amides is 1. The van der Waals surface area contributed by atoms with Crippen molar-refractivity contribution in [2.45, 2.75) is 32.4 Å². The standard InChI is InChI=1S/C21H25ClN2O5S/c1-4-17(24(30(3,26)27)18-11-15(22)10-9-14(18)2)21(25)23-12-16-13-28-19-7-5-6-8-20(19)29-16/h5-11,16-17H,4,12-13H2,1-3H3,(H,23,25)/t16-,17+/m0/s1. The molecule has 9 heteroatoms. The Morgan fingerprint density at radius 2 is 1.97 bits per heavy atom. The highest BCUT2D eigenvalue weighted by Crippen LogP contribution is 2.31. The topological polar surface area (TPSA) is 84.9 Å². The molecule has 7 nitrogen and oxygen atoms in total. The molecule has 0 unspecified atom stereocenters. The summed E-state index contributed by atoms with van der Waals surface area (Å²) in [5.74, 6) is 0.860. The first kappa shape index (κ1) is 22.2. The summed E-state index contributed by atoms with van der Waals surface area (Å²) < 4.78 is 37.9. The number of carbonyl (C=O) groups excluding carboxylic acids is 1. The predicted octanol–water partition coefficient (Wildman–Crippen LogP) is 3.15. The molecule has 162 valence electrons. The molecule has 0 spiro atoms. The zero-order valence-electron chi connectivity index (χ0n) is 17.1. The van der Waals surface area contributed by atoms with Crippen LogP contribution in [-0.2, 0) is 14.8 Å². The molecule has 1 N–H and O–H groups in total. The molecule has 0 saturated heterocycles. The Morgan fingerprint density at radius 1 is 1.27 bits per heavy atom. The van der Waals surface area contributed by atoms with Gasteiger partial charge in [0.2, 0.25) is 15.9 Å². The van der Waals surface area contributed by atoms with E-state index in [1.165, 1.54) is 0 Å². The Kier molecular flexibility index (Phi) is 6.77. The summed E-state index contributed by atoms with van der Waals surface area (Å²) in [5.41, 5.74) is 1.09. The summed E-state index contributed by atoms with van der Waals surface area (Å²) in [7, 11) is -3.74. The molecule has 1 amide bonds. The number of aryl methyl sites for hydroxylation is 1. The van der Waals surface area contributed by atoms with E-state index in [1.807, 2.05) is 18.2 Å². The molecule has 0 saturated carbocycles. The van der Waals surface area contributed by atoms with Crippen LogP contribution in [0.15, 0.2) is 42.5 Å². The van der Waals surface area contributed by atoms with E-state index in [-0.39, 0.29) is 25.7 Å². The van der Waals surface area contributed by atoms with Crippen LogP contribution in [0.2, 0.25) is 5.02 Å². The summed E-state index contributed by atoms with van der Waals surface area (Å²) in [4.78, 5) is 13.0. The van der Waals surface area contributed by atoms with Gasteiger partial charge in [0, 0.05) is 5.02 Å². The number of hydrogen-bond donors (Lipinski definition) is 1. The van der Waals surface area contributed by atoms with Crippen molar-refractivity contribution in [3.63, 3.8) is 0 Å². The number of nitrogens with one attached hydrogen (secondary N) is 1. The first-order valence-corrected chi connectivity index (χ1v) is 11.8. The molecule has 30 heavy (non-hydrogen) atoms. The SMILES string of the molecule is CC[C@H](C(=O)NC[C@H]1COc2ccccc2O1)N(c1cc(Cl)ccc1C)S(C)(=O)=O. The maximum Gasteiger partial charge on any atom is 0.244 e. The molecule has 0 aliphatic carbocycles. The Balaban J connectivity index is 1.76. The minimum atomic E-state index is -3.74. The molecule has 2 aromatic rings. The second-order valence-electron chi connectivity index (χ2n) is 7.16. The van der Waals surface area contributed by atoms with Crippen LogP contribution in [-0.4, -0.2) is 45.9 Å². The molecular formula is C21H25ClN2O5S. The summed E-state index contributed by atoms with van der Waals surface area (Å²) in [6.07, 6.45) is 0.995. The third-order valence-corrected chi connectivity index (χ3v) is 6.21. The van der Waals surface area contributed by atoms with Gasteiger partial charge in [-0.3, -0.25) is 9.10 Å². The van der Waals surface area contributed by atoms with Crippen LogP contribution in [0.25, 0.3) is 0 Å². The van der Waals surface area contributed by atoms with Crippen molar-refractivity contribution < 1.29 is 22.7 Å². The van der Waals surface area contributed by atoms with Gasteiger partial charge in [0.1, 0.15) is 18.8 Å². The van der Waals surface area contributed by atoms with Crippen molar-refractivity contribution in [3.05, 3.63) is 53.1 Å². The van der Waals surface area contributed by atoms with Gasteiger partial charge in [-0.2, -0.15) is 0 Å². The van der Waals surface area contributed by atoms with Crippen LogP contribution in [0.1, 0.15) is 18.9 Å². The Labute approximate surface area is 182 Å². The number of ether oxygens (including phenoxy) is 2. The van der Waals surface area contributed by atoms with E-state index in [0.717, 1.165) is 10.6 Å². The van der Waals surface area contributed by atoms with Gasteiger partial charge in [0.25, 0.3) is 0 Å². The lowest BCUT2D eigenvalue weighted by molar-refractivity contribution is -0.122. The number of anilines is 1. The Bertz CT molecular complexity index is 1030. The van der Waals surface area contributed by atoms with Crippen molar-refractivity contribution in [2.24, 2.45) is 0 Å². The zero-order valence-corrected chi connectivity index (χ0v) is 18.7. The number of rotatable bonds is 7. The third-order valence-electron chi connectivity index (χ3n) is 4.81. The lowest BCUT2D eigenvalue weighted by Gasteiger charge is -2.32. The normalized spacial score (nSPS) is 16.6. The number of hydrogen-bond acceptors (Lipinski definition) is 5. The molecule has 2 aromatic carbocycles. The molecule has 0 fully saturated rings. The number of sulfonamides is 1. The maximum atomic E-state index is 13.0. The number of nitrogens with zero attached hydrogens (tertiary/aromatic N) is 1. The third kappa shape index (κ3) is 4.99. The average Bonchev–Trinajstić information content (AvgIpc) is 2.71. The first-order chi connectivity index (χ1) is 14.2. The van der Waals surface area contributed by atoms with Gasteiger partial charge in [0.05, 0.1) is 18.5 Å². The fourth-order valence-electron chi connectivity index (χ4n) is 3.35. The Hall–Kier alpha value is -2.45. The highest BCUT2D eigenvalue weighted by Gasteiger charge is 2.33. The van der Waals surface area contributed by atoms with Crippen LogP contribution in [0.4, 0.5) is 5.69 Å². The first-order valence-electron chi connectivity index (χ1n) is 9.62. The molecule has 3 rings (SSSR count). The fraction of sp³-hybridized carbons (Fsp3) is 0.381. The van der Waals surface area contributed by atoms with Gasteiger partial charge in [-0.05, 0) is 43.2 Å². The van der Waals surface area contributed by atoms with E-state index in [2.05, 4.69) is 5.32 Å². The number of fused-ring (bicyclic) bond motifs is 1. The van der Waals surface area contributed by atoms with Gasteiger partial charge >= 0.3 is 0 Å². The molecule has 2 atom stereocenters. The molecule has 1 aliphatic heterocycles. The van der Waals surface area contributed by atoms with Crippen molar-refractivity contribution in [1.29, 1.82) is 0 Å². The fourth-order valence-corrected chi connectivity index (χ4v) is 4.78. The van der Waals surface area contributed by atoms with Crippen molar-refractivity contribution >= 4 is 33.2 Å². The van der Waals surface area contributed by atoms with Crippen LogP contribution in [0.5, 0.6) is 11.5 Å². The van der Waals surface area contributed by atoms with E-state index in [9.17, 15) is 13.2 Å². The van der Waals surface area contributed by atoms with Gasteiger partial charge in [0.15, 0.2) is 11.5 Å². The lowest BCUT2D eigenvalue weighted by atomic mass is 10.1. The molecule has 0 aromatic heterocycles. The minimum absolute atomic E-state index is 0.190. The van der Waals surface area contributed by atoms with Crippen LogP contribution in [0, 0.1) is 6.92 Å². The van der Waals surface area contributed by atoms with E-state index in [0.29, 0.717) is 27.8 Å². The number of para-hydroxylation sites is 2. The summed E-state index contributed by atoms with van der Waals surface area (Å²) in [5, 5.41) is 3.20. The van der Waals surface area contributed by atoms with Crippen LogP contribution < -0.4 is 19.1 Å². The number of benzene rings is 2. The smallest absolute Gasteiger partial charge is 0.244 e. The molecule has 1 aliphatic rings. The van der Waals surface area contributed by atoms with Crippen LogP contribution >= 0.6 is 11.6 Å². The lowest BCUT2D eigenvalue weighted by Crippen LogP contribution is -2.51. The monoisotopic (exact) mass is 452 g/mol. The molecule has 0 radical (unpaired) electrons. The molecule has 1 heterocycles.